The maximum absolute atomic E-state index is 12.1. The predicted octanol–water partition coefficient (Wildman–Crippen LogP) is 2.76. The highest BCUT2D eigenvalue weighted by molar-refractivity contribution is 7.09. The highest BCUT2D eigenvalue weighted by atomic mass is 35.5. The van der Waals surface area contributed by atoms with E-state index in [4.69, 9.17) is 11.6 Å². The van der Waals surface area contributed by atoms with E-state index in [1.54, 1.807) is 4.68 Å². The first kappa shape index (κ1) is 14.2. The van der Waals surface area contributed by atoms with Crippen molar-refractivity contribution in [1.82, 2.24) is 14.8 Å². The van der Waals surface area contributed by atoms with Crippen LogP contribution in [0, 0.1) is 6.92 Å². The number of nitrogens with zero attached hydrogens (tertiary/aromatic N) is 3. The number of carbonyl (C=O) groups excluding carboxylic acids is 1. The number of Topliss-reactive ketones (excluding diaryl/α,β-unsaturated/α-hetero) is 1. The lowest BCUT2D eigenvalue weighted by Crippen LogP contribution is -2.10. The molecule has 6 heteroatoms. The summed E-state index contributed by atoms with van der Waals surface area (Å²) in [4.78, 5) is 16.4. The van der Waals surface area contributed by atoms with Gasteiger partial charge in [-0.25, -0.2) is 4.98 Å². The molecule has 0 radical (unpaired) electrons. The molecule has 0 N–H and O–H groups in total. The molecule has 0 aliphatic rings. The van der Waals surface area contributed by atoms with Gasteiger partial charge in [0.25, 0.3) is 0 Å². The molecule has 0 bridgehead atoms. The van der Waals surface area contributed by atoms with Crippen molar-refractivity contribution in [2.24, 2.45) is 7.05 Å². The van der Waals surface area contributed by atoms with Crippen LogP contribution in [-0.2, 0) is 31.1 Å². The second kappa shape index (κ2) is 5.84. The van der Waals surface area contributed by atoms with Gasteiger partial charge in [-0.1, -0.05) is 18.5 Å². The fraction of sp³-hybridized carbons (Fsp3) is 0.462. The molecule has 2 rings (SSSR count). The van der Waals surface area contributed by atoms with Gasteiger partial charge in [0.2, 0.25) is 0 Å². The van der Waals surface area contributed by atoms with Crippen molar-refractivity contribution in [3.05, 3.63) is 32.5 Å². The van der Waals surface area contributed by atoms with E-state index in [9.17, 15) is 4.79 Å². The Morgan fingerprint density at radius 3 is 2.74 bits per heavy atom. The number of hydrogen-bond acceptors (Lipinski definition) is 4. The summed E-state index contributed by atoms with van der Waals surface area (Å²) in [6.45, 7) is 3.92. The molecule has 0 aliphatic heterocycles. The fourth-order valence-electron chi connectivity index (χ4n) is 1.91. The van der Waals surface area contributed by atoms with Crippen LogP contribution < -0.4 is 0 Å². The Labute approximate surface area is 121 Å². The smallest absolute Gasteiger partial charge is 0.145 e. The third-order valence-corrected chi connectivity index (χ3v) is 4.29. The van der Waals surface area contributed by atoms with E-state index < -0.39 is 0 Å². The van der Waals surface area contributed by atoms with Crippen LogP contribution in [0.15, 0.2) is 5.38 Å². The van der Waals surface area contributed by atoms with Gasteiger partial charge in [-0.2, -0.15) is 5.10 Å². The van der Waals surface area contributed by atoms with E-state index >= 15 is 0 Å². The molecule has 0 saturated heterocycles. The molecule has 2 aromatic rings. The average molecular weight is 298 g/mol. The van der Waals surface area contributed by atoms with Gasteiger partial charge >= 0.3 is 0 Å². The Bertz CT molecular complexity index is 603. The van der Waals surface area contributed by atoms with Crippen molar-refractivity contribution >= 4 is 28.7 Å². The monoisotopic (exact) mass is 297 g/mol. The Morgan fingerprint density at radius 1 is 1.47 bits per heavy atom. The summed E-state index contributed by atoms with van der Waals surface area (Å²) in [5, 5.41) is 7.74. The molecule has 0 fully saturated rings. The van der Waals surface area contributed by atoms with Crippen molar-refractivity contribution < 1.29 is 4.79 Å². The van der Waals surface area contributed by atoms with E-state index in [1.807, 2.05) is 26.3 Å². The summed E-state index contributed by atoms with van der Waals surface area (Å²) in [7, 11) is 1.82. The van der Waals surface area contributed by atoms with Gasteiger partial charge in [0, 0.05) is 18.1 Å². The number of thiazole rings is 1. The zero-order chi connectivity index (χ0) is 14.0. The molecule has 19 heavy (non-hydrogen) atoms. The van der Waals surface area contributed by atoms with Crippen molar-refractivity contribution in [2.75, 3.05) is 0 Å². The van der Waals surface area contributed by atoms with Gasteiger partial charge in [0.1, 0.15) is 10.8 Å². The van der Waals surface area contributed by atoms with Crippen LogP contribution in [0.5, 0.6) is 0 Å². The van der Waals surface area contributed by atoms with Crippen molar-refractivity contribution in [3.63, 3.8) is 0 Å². The number of carbonyl (C=O) groups is 1. The molecule has 0 aliphatic carbocycles. The van der Waals surface area contributed by atoms with E-state index in [0.717, 1.165) is 28.5 Å². The van der Waals surface area contributed by atoms with Crippen LogP contribution in [0.2, 0.25) is 5.02 Å². The zero-order valence-corrected chi connectivity index (χ0v) is 12.8. The normalized spacial score (nSPS) is 10.9. The summed E-state index contributed by atoms with van der Waals surface area (Å²) < 4.78 is 1.70. The number of aromatic nitrogens is 3. The molecular formula is C13H16ClN3OS. The molecule has 0 amide bonds. The minimum Gasteiger partial charge on any atom is -0.299 e. The van der Waals surface area contributed by atoms with Crippen molar-refractivity contribution in [1.29, 1.82) is 0 Å². The van der Waals surface area contributed by atoms with Gasteiger partial charge in [0.15, 0.2) is 0 Å². The third-order valence-electron chi connectivity index (χ3n) is 2.88. The van der Waals surface area contributed by atoms with Crippen LogP contribution in [-0.4, -0.2) is 20.5 Å². The second-order valence-electron chi connectivity index (χ2n) is 4.46. The molecule has 102 valence electrons. The number of halogens is 1. The minimum absolute atomic E-state index is 0.113. The van der Waals surface area contributed by atoms with Crippen LogP contribution in [0.1, 0.15) is 29.0 Å². The number of aryl methyl sites for hydroxylation is 3. The maximum atomic E-state index is 12.1. The highest BCUT2D eigenvalue weighted by Gasteiger charge is 2.17. The lowest BCUT2D eigenvalue weighted by atomic mass is 10.1. The first-order valence-corrected chi connectivity index (χ1v) is 7.40. The Morgan fingerprint density at radius 2 is 2.21 bits per heavy atom. The molecule has 2 heterocycles. The molecule has 2 aromatic heterocycles. The van der Waals surface area contributed by atoms with Gasteiger partial charge in [-0.3, -0.25) is 9.48 Å². The average Bonchev–Trinajstić information content (AvgIpc) is 2.87. The van der Waals surface area contributed by atoms with Crippen LogP contribution in [0.25, 0.3) is 0 Å². The van der Waals surface area contributed by atoms with E-state index in [-0.39, 0.29) is 5.78 Å². The lowest BCUT2D eigenvalue weighted by molar-refractivity contribution is -0.117. The largest absolute Gasteiger partial charge is 0.299 e. The first-order chi connectivity index (χ1) is 9.01. The van der Waals surface area contributed by atoms with Crippen LogP contribution in [0.4, 0.5) is 0 Å². The minimum atomic E-state index is 0.113. The molecule has 0 saturated carbocycles. The SMILES string of the molecule is CCc1nn(C)c(CC(=O)Cc2nc(C)cs2)c1Cl. The summed E-state index contributed by atoms with van der Waals surface area (Å²) >= 11 is 7.75. The standard InChI is InChI=1S/C13H16ClN3OS/c1-4-10-13(14)11(17(3)16-10)5-9(18)6-12-15-8(2)7-19-12/h7H,4-6H2,1-3H3. The Hall–Kier alpha value is -1.20. The fourth-order valence-corrected chi connectivity index (χ4v) is 3.07. The molecule has 0 aromatic carbocycles. The molecular weight excluding hydrogens is 282 g/mol. The quantitative estimate of drug-likeness (QED) is 0.852. The van der Waals surface area contributed by atoms with E-state index in [1.165, 1.54) is 11.3 Å². The third kappa shape index (κ3) is 3.22. The van der Waals surface area contributed by atoms with Gasteiger partial charge in [0.05, 0.1) is 29.3 Å². The Kier molecular flexibility index (Phi) is 4.37. The summed E-state index contributed by atoms with van der Waals surface area (Å²) in [5.74, 6) is 0.113. The van der Waals surface area contributed by atoms with Crippen molar-refractivity contribution in [2.45, 2.75) is 33.1 Å². The zero-order valence-electron chi connectivity index (χ0n) is 11.2. The summed E-state index contributed by atoms with van der Waals surface area (Å²) in [6, 6.07) is 0. The maximum Gasteiger partial charge on any atom is 0.145 e. The topological polar surface area (TPSA) is 47.8 Å². The molecule has 0 unspecified atom stereocenters. The number of ketones is 1. The summed E-state index contributed by atoms with van der Waals surface area (Å²) in [5.41, 5.74) is 2.59. The molecule has 4 nitrogen and oxygen atoms in total. The van der Waals surface area contributed by atoms with Gasteiger partial charge < -0.3 is 0 Å². The van der Waals surface area contributed by atoms with Gasteiger partial charge in [-0.05, 0) is 13.3 Å². The highest BCUT2D eigenvalue weighted by Crippen LogP contribution is 2.22. The molecule has 0 atom stereocenters. The lowest BCUT2D eigenvalue weighted by Gasteiger charge is -2.01. The van der Waals surface area contributed by atoms with E-state index in [2.05, 4.69) is 10.1 Å². The van der Waals surface area contributed by atoms with E-state index in [0.29, 0.717) is 17.9 Å². The van der Waals surface area contributed by atoms with Gasteiger partial charge in [-0.15, -0.1) is 11.3 Å². The van der Waals surface area contributed by atoms with Crippen LogP contribution in [0.3, 0.4) is 0 Å². The summed E-state index contributed by atoms with van der Waals surface area (Å²) in [6.07, 6.45) is 1.44. The van der Waals surface area contributed by atoms with Crippen LogP contribution >= 0.6 is 22.9 Å². The number of hydrogen-bond donors (Lipinski definition) is 0. The molecule has 0 spiro atoms. The predicted molar refractivity (Wildman–Crippen MR) is 76.9 cm³/mol. The van der Waals surface area contributed by atoms with Crippen molar-refractivity contribution in [3.8, 4) is 0 Å². The first-order valence-electron chi connectivity index (χ1n) is 6.14. The second-order valence-corrected chi connectivity index (χ2v) is 5.78. The number of rotatable bonds is 5. The Balaban J connectivity index is 2.09.